The normalized spacial score (nSPS) is 10.1. The van der Waals surface area contributed by atoms with Crippen molar-refractivity contribution in [2.45, 2.75) is 6.92 Å². The first-order valence-electron chi connectivity index (χ1n) is 6.95. The Morgan fingerprint density at radius 3 is 2.57 bits per heavy atom. The van der Waals surface area contributed by atoms with Crippen LogP contribution in [0.25, 0.3) is 10.6 Å². The van der Waals surface area contributed by atoms with Crippen LogP contribution in [0, 0.1) is 18.3 Å². The van der Waals surface area contributed by atoms with E-state index in [-0.39, 0.29) is 0 Å². The van der Waals surface area contributed by atoms with E-state index in [0.717, 1.165) is 27.1 Å². The summed E-state index contributed by atoms with van der Waals surface area (Å²) in [4.78, 5) is 14.2. The van der Waals surface area contributed by atoms with Gasteiger partial charge in [-0.1, -0.05) is 11.3 Å². The van der Waals surface area contributed by atoms with Crippen LogP contribution in [0.5, 0.6) is 0 Å². The van der Waals surface area contributed by atoms with Crippen molar-refractivity contribution in [1.29, 1.82) is 5.26 Å². The fourth-order valence-corrected chi connectivity index (χ4v) is 2.93. The van der Waals surface area contributed by atoms with E-state index < -0.39 is 0 Å². The van der Waals surface area contributed by atoms with Crippen molar-refractivity contribution in [3.63, 3.8) is 0 Å². The maximum atomic E-state index is 8.82. The monoisotopic (exact) mass is 322 g/mol. The van der Waals surface area contributed by atoms with Crippen LogP contribution < -0.4 is 10.6 Å². The molecule has 114 valence electrons. The molecule has 0 saturated carbocycles. The van der Waals surface area contributed by atoms with Gasteiger partial charge in [0.05, 0.1) is 27.9 Å². The van der Waals surface area contributed by atoms with E-state index in [1.165, 1.54) is 0 Å². The highest BCUT2D eigenvalue weighted by Gasteiger charge is 2.11. The van der Waals surface area contributed by atoms with Crippen LogP contribution in [0.3, 0.4) is 0 Å². The molecule has 23 heavy (non-hydrogen) atoms. The van der Waals surface area contributed by atoms with Crippen LogP contribution in [0.2, 0.25) is 0 Å². The van der Waals surface area contributed by atoms with Crippen molar-refractivity contribution in [3.05, 3.63) is 47.8 Å². The van der Waals surface area contributed by atoms with E-state index in [0.29, 0.717) is 11.5 Å². The average Bonchev–Trinajstić information content (AvgIpc) is 2.97. The maximum absolute atomic E-state index is 8.82. The van der Waals surface area contributed by atoms with E-state index in [2.05, 4.69) is 31.7 Å². The van der Waals surface area contributed by atoms with E-state index in [1.54, 1.807) is 29.7 Å². The molecule has 0 bridgehead atoms. The number of nitrogens with zero attached hydrogens (tertiary/aromatic N) is 4. The number of nitriles is 1. The summed E-state index contributed by atoms with van der Waals surface area (Å²) < 4.78 is 0. The number of aromatic nitrogens is 3. The van der Waals surface area contributed by atoms with Gasteiger partial charge in [0.25, 0.3) is 0 Å². The van der Waals surface area contributed by atoms with Crippen molar-refractivity contribution in [2.24, 2.45) is 0 Å². The fraction of sp³-hybridized carbons (Fsp3) is 0.125. The average molecular weight is 322 g/mol. The van der Waals surface area contributed by atoms with Gasteiger partial charge in [-0.3, -0.25) is 0 Å². The third-order valence-corrected chi connectivity index (χ3v) is 4.37. The van der Waals surface area contributed by atoms with Crippen LogP contribution in [0.1, 0.15) is 11.3 Å². The molecular weight excluding hydrogens is 308 g/mol. The fourth-order valence-electron chi connectivity index (χ4n) is 2.04. The molecule has 1 aromatic carbocycles. The SMILES string of the molecule is CNc1nc(C)c(-c2ccnc(Nc3ccc(C#N)cc3)n2)s1. The summed E-state index contributed by atoms with van der Waals surface area (Å²) in [6.07, 6.45) is 1.71. The standard InChI is InChI=1S/C16H14N6S/c1-10-14(23-16(18-2)20-10)13-7-8-19-15(22-13)21-12-5-3-11(9-17)4-6-12/h3-8H,1-2H3,(H,18,20)(H,19,21,22). The smallest absolute Gasteiger partial charge is 0.227 e. The maximum Gasteiger partial charge on any atom is 0.227 e. The van der Waals surface area contributed by atoms with Crippen molar-refractivity contribution in [2.75, 3.05) is 17.7 Å². The number of benzene rings is 1. The molecule has 3 aromatic rings. The summed E-state index contributed by atoms with van der Waals surface area (Å²) in [6, 6.07) is 11.1. The zero-order valence-corrected chi connectivity index (χ0v) is 13.5. The molecule has 0 spiro atoms. The highest BCUT2D eigenvalue weighted by molar-refractivity contribution is 7.19. The second-order valence-corrected chi connectivity index (χ2v) is 5.76. The molecule has 3 rings (SSSR count). The summed E-state index contributed by atoms with van der Waals surface area (Å²) in [5, 5.41) is 15.9. The van der Waals surface area contributed by atoms with E-state index in [9.17, 15) is 0 Å². The van der Waals surface area contributed by atoms with E-state index in [1.807, 2.05) is 32.2 Å². The summed E-state index contributed by atoms with van der Waals surface area (Å²) in [5.41, 5.74) is 3.21. The summed E-state index contributed by atoms with van der Waals surface area (Å²) in [7, 11) is 1.85. The van der Waals surface area contributed by atoms with Gasteiger partial charge in [-0.05, 0) is 37.3 Å². The number of hydrogen-bond acceptors (Lipinski definition) is 7. The van der Waals surface area contributed by atoms with Gasteiger partial charge in [0, 0.05) is 18.9 Å². The lowest BCUT2D eigenvalue weighted by Crippen LogP contribution is -1.97. The van der Waals surface area contributed by atoms with Crippen molar-refractivity contribution in [1.82, 2.24) is 15.0 Å². The number of rotatable bonds is 4. The molecule has 2 heterocycles. The minimum Gasteiger partial charge on any atom is -0.365 e. The van der Waals surface area contributed by atoms with Gasteiger partial charge in [-0.25, -0.2) is 15.0 Å². The Bertz CT molecular complexity index is 863. The van der Waals surface area contributed by atoms with Crippen molar-refractivity contribution < 1.29 is 0 Å². The molecule has 0 atom stereocenters. The van der Waals surface area contributed by atoms with Gasteiger partial charge in [-0.2, -0.15) is 5.26 Å². The Kier molecular flexibility index (Phi) is 4.17. The Morgan fingerprint density at radius 2 is 1.91 bits per heavy atom. The minimum atomic E-state index is 0.506. The zero-order valence-electron chi connectivity index (χ0n) is 12.7. The summed E-state index contributed by atoms with van der Waals surface area (Å²) in [5.74, 6) is 0.506. The van der Waals surface area contributed by atoms with Gasteiger partial charge in [0.15, 0.2) is 5.13 Å². The van der Waals surface area contributed by atoms with Crippen LogP contribution in [0.15, 0.2) is 36.5 Å². The first-order chi connectivity index (χ1) is 11.2. The predicted octanol–water partition coefficient (Wildman–Crippen LogP) is 3.57. The molecule has 6 nitrogen and oxygen atoms in total. The second kappa shape index (κ2) is 6.42. The summed E-state index contributed by atoms with van der Waals surface area (Å²) >= 11 is 1.56. The third kappa shape index (κ3) is 3.27. The largest absolute Gasteiger partial charge is 0.365 e. The van der Waals surface area contributed by atoms with Crippen molar-refractivity contribution >= 4 is 28.1 Å². The Hall–Kier alpha value is -2.98. The van der Waals surface area contributed by atoms with Gasteiger partial charge < -0.3 is 10.6 Å². The van der Waals surface area contributed by atoms with Crippen LogP contribution >= 0.6 is 11.3 Å². The lowest BCUT2D eigenvalue weighted by atomic mass is 10.2. The third-order valence-electron chi connectivity index (χ3n) is 3.17. The van der Waals surface area contributed by atoms with Crippen LogP contribution in [0.4, 0.5) is 16.8 Å². The Labute approximate surface area is 137 Å². The van der Waals surface area contributed by atoms with Gasteiger partial charge in [-0.15, -0.1) is 0 Å². The number of aryl methyl sites for hydroxylation is 1. The van der Waals surface area contributed by atoms with Crippen LogP contribution in [-0.4, -0.2) is 22.0 Å². The quantitative estimate of drug-likeness (QED) is 0.763. The Morgan fingerprint density at radius 1 is 1.13 bits per heavy atom. The first kappa shape index (κ1) is 14.9. The lowest BCUT2D eigenvalue weighted by molar-refractivity contribution is 1.16. The molecule has 0 fully saturated rings. The molecular formula is C16H14N6S. The topological polar surface area (TPSA) is 86.5 Å². The molecule has 2 aromatic heterocycles. The van der Waals surface area contributed by atoms with Crippen LogP contribution in [-0.2, 0) is 0 Å². The van der Waals surface area contributed by atoms with Gasteiger partial charge in [0.1, 0.15) is 0 Å². The van der Waals surface area contributed by atoms with E-state index in [4.69, 9.17) is 5.26 Å². The second-order valence-electron chi connectivity index (χ2n) is 4.76. The highest BCUT2D eigenvalue weighted by Crippen LogP contribution is 2.31. The highest BCUT2D eigenvalue weighted by atomic mass is 32.1. The number of anilines is 3. The minimum absolute atomic E-state index is 0.506. The van der Waals surface area contributed by atoms with Gasteiger partial charge in [0.2, 0.25) is 5.95 Å². The van der Waals surface area contributed by atoms with Crippen molar-refractivity contribution in [3.8, 4) is 16.6 Å². The first-order valence-corrected chi connectivity index (χ1v) is 7.77. The molecule has 7 heteroatoms. The number of hydrogen-bond donors (Lipinski definition) is 2. The van der Waals surface area contributed by atoms with Gasteiger partial charge >= 0.3 is 0 Å². The number of nitrogens with one attached hydrogen (secondary N) is 2. The molecule has 0 amide bonds. The molecule has 0 aliphatic rings. The van der Waals surface area contributed by atoms with E-state index >= 15 is 0 Å². The molecule has 0 aliphatic heterocycles. The molecule has 0 aliphatic carbocycles. The zero-order chi connectivity index (χ0) is 16.2. The molecule has 0 unspecified atom stereocenters. The Balaban J connectivity index is 1.87. The molecule has 2 N–H and O–H groups in total. The predicted molar refractivity (Wildman–Crippen MR) is 91.9 cm³/mol. The number of thiazole rings is 1. The molecule has 0 radical (unpaired) electrons. The molecule has 0 saturated heterocycles. The lowest BCUT2D eigenvalue weighted by Gasteiger charge is -2.06. The summed E-state index contributed by atoms with van der Waals surface area (Å²) in [6.45, 7) is 1.96.